The number of hydrogen-bond donors (Lipinski definition) is 0. The fourth-order valence-corrected chi connectivity index (χ4v) is 4.72. The van der Waals surface area contributed by atoms with Crippen molar-refractivity contribution in [3.8, 4) is 5.75 Å². The topological polar surface area (TPSA) is 38.8 Å². The highest BCUT2D eigenvalue weighted by atomic mass is 16.6. The molecule has 1 heterocycles. The Morgan fingerprint density at radius 2 is 1.73 bits per heavy atom. The maximum absolute atomic E-state index is 12.3. The molecule has 1 saturated carbocycles. The number of carbonyl (C=O) groups is 1. The van der Waals surface area contributed by atoms with E-state index < -0.39 is 5.60 Å². The number of piperidine rings is 1. The minimum atomic E-state index is -0.429. The number of benzene rings is 2. The number of rotatable bonds is 4. The first-order valence-electron chi connectivity index (χ1n) is 11.1. The van der Waals surface area contributed by atoms with Crippen molar-refractivity contribution in [1.82, 2.24) is 4.90 Å². The standard InChI is InChI=1S/C26H33NO3/c1-25(2,3)30-24(28)27-14-12-26(13-15-27)17-22(18-26)21-10-7-11-23(16-21)29-19-20-8-5-4-6-9-20/h4-11,16,22H,12-15,17-19H2,1-3H3. The van der Waals surface area contributed by atoms with Crippen LogP contribution in [0.2, 0.25) is 0 Å². The van der Waals surface area contributed by atoms with Gasteiger partial charge in [0.05, 0.1) is 0 Å². The smallest absolute Gasteiger partial charge is 0.410 e. The van der Waals surface area contributed by atoms with Crippen LogP contribution < -0.4 is 4.74 Å². The molecule has 0 aromatic heterocycles. The van der Waals surface area contributed by atoms with Crippen LogP contribution >= 0.6 is 0 Å². The average Bonchev–Trinajstić information content (AvgIpc) is 2.70. The first kappa shape index (κ1) is 20.8. The third-order valence-corrected chi connectivity index (χ3v) is 6.41. The Hall–Kier alpha value is -2.49. The Labute approximate surface area is 180 Å². The van der Waals surface area contributed by atoms with Crippen molar-refractivity contribution in [1.29, 1.82) is 0 Å². The predicted octanol–water partition coefficient (Wildman–Crippen LogP) is 6.16. The van der Waals surface area contributed by atoms with Crippen molar-refractivity contribution in [2.24, 2.45) is 5.41 Å². The van der Waals surface area contributed by atoms with Crippen LogP contribution in [-0.2, 0) is 11.3 Å². The van der Waals surface area contributed by atoms with Gasteiger partial charge in [-0.05, 0) is 81.0 Å². The Bertz CT molecular complexity index is 855. The minimum Gasteiger partial charge on any atom is -0.489 e. The molecule has 4 heteroatoms. The van der Waals surface area contributed by atoms with Gasteiger partial charge in [-0.25, -0.2) is 4.79 Å². The molecule has 30 heavy (non-hydrogen) atoms. The molecule has 0 unspecified atom stereocenters. The zero-order chi connectivity index (χ0) is 21.2. The number of carbonyl (C=O) groups excluding carboxylic acids is 1. The molecule has 2 aliphatic rings. The Morgan fingerprint density at radius 3 is 2.40 bits per heavy atom. The Balaban J connectivity index is 1.28. The van der Waals surface area contributed by atoms with E-state index >= 15 is 0 Å². The molecule has 2 aromatic rings. The van der Waals surface area contributed by atoms with Crippen LogP contribution in [-0.4, -0.2) is 29.7 Å². The summed E-state index contributed by atoms with van der Waals surface area (Å²) in [5, 5.41) is 0. The second-order valence-electron chi connectivity index (χ2n) is 9.92. The Morgan fingerprint density at radius 1 is 1.03 bits per heavy atom. The molecule has 1 saturated heterocycles. The minimum absolute atomic E-state index is 0.170. The second-order valence-corrected chi connectivity index (χ2v) is 9.92. The number of likely N-dealkylation sites (tertiary alicyclic amines) is 1. The van der Waals surface area contributed by atoms with Gasteiger partial charge in [0.25, 0.3) is 0 Å². The largest absolute Gasteiger partial charge is 0.489 e. The van der Waals surface area contributed by atoms with Crippen molar-refractivity contribution in [2.75, 3.05) is 13.1 Å². The van der Waals surface area contributed by atoms with E-state index in [2.05, 4.69) is 30.3 Å². The molecule has 1 aliphatic heterocycles. The van der Waals surface area contributed by atoms with Crippen LogP contribution in [0.25, 0.3) is 0 Å². The van der Waals surface area contributed by atoms with Crippen molar-refractivity contribution in [3.63, 3.8) is 0 Å². The first-order chi connectivity index (χ1) is 14.3. The summed E-state index contributed by atoms with van der Waals surface area (Å²) in [6, 6.07) is 18.8. The molecule has 4 nitrogen and oxygen atoms in total. The molecule has 2 fully saturated rings. The van der Waals surface area contributed by atoms with E-state index in [0.29, 0.717) is 17.9 Å². The summed E-state index contributed by atoms with van der Waals surface area (Å²) < 4.78 is 11.5. The van der Waals surface area contributed by atoms with Crippen LogP contribution in [0.5, 0.6) is 5.75 Å². The monoisotopic (exact) mass is 407 g/mol. The van der Waals surface area contributed by atoms with Gasteiger partial charge in [0.15, 0.2) is 0 Å². The summed E-state index contributed by atoms with van der Waals surface area (Å²) >= 11 is 0. The summed E-state index contributed by atoms with van der Waals surface area (Å²) in [5.74, 6) is 1.54. The van der Waals surface area contributed by atoms with Crippen LogP contribution in [0.4, 0.5) is 4.79 Å². The van der Waals surface area contributed by atoms with E-state index in [-0.39, 0.29) is 6.09 Å². The van der Waals surface area contributed by atoms with Gasteiger partial charge in [0.2, 0.25) is 0 Å². The first-order valence-corrected chi connectivity index (χ1v) is 11.1. The molecule has 4 rings (SSSR count). The number of ether oxygens (including phenoxy) is 2. The highest BCUT2D eigenvalue weighted by Gasteiger charge is 2.47. The van der Waals surface area contributed by atoms with Gasteiger partial charge in [-0.2, -0.15) is 0 Å². The fourth-order valence-electron chi connectivity index (χ4n) is 4.72. The summed E-state index contributed by atoms with van der Waals surface area (Å²) in [4.78, 5) is 14.2. The van der Waals surface area contributed by atoms with E-state index in [9.17, 15) is 4.79 Å². The second kappa shape index (κ2) is 8.33. The molecule has 1 aliphatic carbocycles. The predicted molar refractivity (Wildman–Crippen MR) is 119 cm³/mol. The average molecular weight is 408 g/mol. The van der Waals surface area contributed by atoms with Crippen molar-refractivity contribution < 1.29 is 14.3 Å². The van der Waals surface area contributed by atoms with Crippen LogP contribution in [0, 0.1) is 5.41 Å². The molecule has 160 valence electrons. The van der Waals surface area contributed by atoms with Crippen molar-refractivity contribution >= 4 is 6.09 Å². The molecule has 0 N–H and O–H groups in total. The van der Waals surface area contributed by atoms with Crippen LogP contribution in [0.1, 0.15) is 63.5 Å². The molecular weight excluding hydrogens is 374 g/mol. The number of hydrogen-bond acceptors (Lipinski definition) is 3. The highest BCUT2D eigenvalue weighted by Crippen LogP contribution is 2.56. The number of nitrogens with zero attached hydrogens (tertiary/aromatic N) is 1. The number of amides is 1. The maximum Gasteiger partial charge on any atom is 0.410 e. The van der Waals surface area contributed by atoms with Gasteiger partial charge < -0.3 is 14.4 Å². The van der Waals surface area contributed by atoms with Gasteiger partial charge >= 0.3 is 6.09 Å². The normalized spacial score (nSPS) is 18.7. The molecule has 0 atom stereocenters. The third kappa shape index (κ3) is 4.97. The van der Waals surface area contributed by atoms with Crippen LogP contribution in [0.15, 0.2) is 54.6 Å². The van der Waals surface area contributed by atoms with E-state index in [1.165, 1.54) is 24.0 Å². The molecule has 2 aromatic carbocycles. The summed E-state index contributed by atoms with van der Waals surface area (Å²) in [6.07, 6.45) is 4.39. The summed E-state index contributed by atoms with van der Waals surface area (Å²) in [7, 11) is 0. The fraction of sp³-hybridized carbons (Fsp3) is 0.500. The zero-order valence-electron chi connectivity index (χ0n) is 18.4. The lowest BCUT2D eigenvalue weighted by Crippen LogP contribution is -2.49. The van der Waals surface area contributed by atoms with Gasteiger partial charge in [0.1, 0.15) is 18.0 Å². The van der Waals surface area contributed by atoms with Crippen LogP contribution in [0.3, 0.4) is 0 Å². The zero-order valence-corrected chi connectivity index (χ0v) is 18.4. The molecule has 0 bridgehead atoms. The Kier molecular flexibility index (Phi) is 5.77. The lowest BCUT2D eigenvalue weighted by Gasteiger charge is -2.52. The quantitative estimate of drug-likeness (QED) is 0.609. The van der Waals surface area contributed by atoms with E-state index in [4.69, 9.17) is 9.47 Å². The van der Waals surface area contributed by atoms with E-state index in [1.807, 2.05) is 49.9 Å². The van der Waals surface area contributed by atoms with Gasteiger partial charge in [-0.1, -0.05) is 42.5 Å². The van der Waals surface area contributed by atoms with Gasteiger partial charge in [-0.15, -0.1) is 0 Å². The van der Waals surface area contributed by atoms with E-state index in [1.54, 1.807) is 0 Å². The molecule has 1 spiro atoms. The lowest BCUT2D eigenvalue weighted by atomic mass is 9.56. The molecule has 0 radical (unpaired) electrons. The SMILES string of the molecule is CC(C)(C)OC(=O)N1CCC2(CC1)CC(c1cccc(OCc3ccccc3)c1)C2. The summed E-state index contributed by atoms with van der Waals surface area (Å²) in [5.41, 5.74) is 2.52. The van der Waals surface area contributed by atoms with Gasteiger partial charge in [0, 0.05) is 13.1 Å². The lowest BCUT2D eigenvalue weighted by molar-refractivity contribution is -0.0121. The summed E-state index contributed by atoms with van der Waals surface area (Å²) in [6.45, 7) is 7.97. The molecular formula is C26H33NO3. The van der Waals surface area contributed by atoms with E-state index in [0.717, 1.165) is 31.7 Å². The highest BCUT2D eigenvalue weighted by molar-refractivity contribution is 5.68. The molecule has 1 amide bonds. The maximum atomic E-state index is 12.3. The third-order valence-electron chi connectivity index (χ3n) is 6.41. The van der Waals surface area contributed by atoms with Gasteiger partial charge in [-0.3, -0.25) is 0 Å². The van der Waals surface area contributed by atoms with Crippen molar-refractivity contribution in [3.05, 3.63) is 65.7 Å². The van der Waals surface area contributed by atoms with Crippen molar-refractivity contribution in [2.45, 2.75) is 64.6 Å².